The normalized spacial score (nSPS) is 20.6. The average molecular weight is 211 g/mol. The molecule has 1 aliphatic rings. The number of piperidine rings is 1. The number of nitrogens with two attached hydrogens (primary N) is 1. The van der Waals surface area contributed by atoms with E-state index in [-0.39, 0.29) is 0 Å². The number of allylic oxidation sites excluding steroid dienone is 1. The molecule has 1 saturated heterocycles. The van der Waals surface area contributed by atoms with E-state index in [0.717, 1.165) is 32.5 Å². The lowest BCUT2D eigenvalue weighted by atomic mass is 10.1. The molecule has 0 spiro atoms. The number of rotatable bonds is 5. The molecular formula is C11H21N3O. The van der Waals surface area contributed by atoms with Gasteiger partial charge >= 0.3 is 0 Å². The van der Waals surface area contributed by atoms with Gasteiger partial charge in [0, 0.05) is 19.3 Å². The third kappa shape index (κ3) is 5.54. The van der Waals surface area contributed by atoms with Gasteiger partial charge < -0.3 is 15.4 Å². The van der Waals surface area contributed by atoms with E-state index in [2.05, 4.69) is 16.9 Å². The molecule has 0 saturated carbocycles. The van der Waals surface area contributed by atoms with Crippen LogP contribution in [0.4, 0.5) is 0 Å². The maximum absolute atomic E-state index is 5.72. The molecule has 0 amide bonds. The Bertz CT molecular complexity index is 208. The molecule has 0 aromatic rings. The van der Waals surface area contributed by atoms with E-state index in [1.807, 2.05) is 0 Å². The minimum absolute atomic E-state index is 0.432. The Morgan fingerprint density at radius 2 is 2.20 bits per heavy atom. The van der Waals surface area contributed by atoms with Gasteiger partial charge in [0.05, 0.1) is 19.3 Å². The van der Waals surface area contributed by atoms with Crippen LogP contribution in [0, 0.1) is 0 Å². The second-order valence-corrected chi connectivity index (χ2v) is 3.81. The van der Waals surface area contributed by atoms with Crippen LogP contribution in [0.3, 0.4) is 0 Å². The second-order valence-electron chi connectivity index (χ2n) is 3.81. The fourth-order valence-electron chi connectivity index (χ4n) is 1.61. The molecule has 0 bridgehead atoms. The van der Waals surface area contributed by atoms with Gasteiger partial charge in [-0.2, -0.15) is 0 Å². The van der Waals surface area contributed by atoms with E-state index >= 15 is 0 Å². The van der Waals surface area contributed by atoms with Crippen LogP contribution in [-0.4, -0.2) is 50.5 Å². The summed E-state index contributed by atoms with van der Waals surface area (Å²) in [4.78, 5) is 6.47. The van der Waals surface area contributed by atoms with E-state index in [4.69, 9.17) is 10.5 Å². The van der Waals surface area contributed by atoms with Crippen molar-refractivity contribution in [2.75, 3.05) is 33.3 Å². The molecule has 0 aromatic heterocycles. The molecule has 0 aliphatic carbocycles. The topological polar surface area (TPSA) is 50.8 Å². The molecule has 15 heavy (non-hydrogen) atoms. The number of hydrogen-bond acceptors (Lipinski definition) is 4. The minimum Gasteiger partial charge on any atom is -0.405 e. The zero-order valence-corrected chi connectivity index (χ0v) is 9.43. The van der Waals surface area contributed by atoms with Gasteiger partial charge in [0.25, 0.3) is 0 Å². The van der Waals surface area contributed by atoms with Crippen molar-refractivity contribution >= 4 is 6.21 Å². The lowest BCUT2D eigenvalue weighted by Crippen LogP contribution is -2.34. The van der Waals surface area contributed by atoms with Gasteiger partial charge in [-0.25, -0.2) is 0 Å². The Hall–Kier alpha value is -0.870. The molecule has 1 fully saturated rings. The fraction of sp³-hybridized carbons (Fsp3) is 0.727. The third-order valence-electron chi connectivity index (χ3n) is 2.54. The SMILES string of the molecule is CN1CCC(OCCN=C/C=C\N)CC1. The first-order chi connectivity index (χ1) is 7.33. The number of nitrogens with zero attached hydrogens (tertiary/aromatic N) is 2. The van der Waals surface area contributed by atoms with E-state index in [9.17, 15) is 0 Å². The Morgan fingerprint density at radius 1 is 1.47 bits per heavy atom. The van der Waals surface area contributed by atoms with E-state index in [0.29, 0.717) is 12.7 Å². The van der Waals surface area contributed by atoms with Gasteiger partial charge in [-0.3, -0.25) is 4.99 Å². The van der Waals surface area contributed by atoms with Crippen LogP contribution in [0.5, 0.6) is 0 Å². The highest BCUT2D eigenvalue weighted by Crippen LogP contribution is 2.11. The number of ether oxygens (including phenoxy) is 1. The predicted octanol–water partition coefficient (Wildman–Crippen LogP) is 0.640. The summed E-state index contributed by atoms with van der Waals surface area (Å²) in [5, 5.41) is 0. The summed E-state index contributed by atoms with van der Waals surface area (Å²) in [5.74, 6) is 0. The van der Waals surface area contributed by atoms with Gasteiger partial charge in [0.15, 0.2) is 0 Å². The first-order valence-electron chi connectivity index (χ1n) is 5.49. The summed E-state index contributed by atoms with van der Waals surface area (Å²) in [6, 6.07) is 0. The zero-order chi connectivity index (χ0) is 10.9. The van der Waals surface area contributed by atoms with Crippen molar-refractivity contribution in [3.8, 4) is 0 Å². The highest BCUT2D eigenvalue weighted by atomic mass is 16.5. The molecule has 1 aliphatic heterocycles. The quantitative estimate of drug-likeness (QED) is 0.536. The van der Waals surface area contributed by atoms with Crippen molar-refractivity contribution in [1.82, 2.24) is 4.90 Å². The number of aliphatic imine (C=N–C) groups is 1. The van der Waals surface area contributed by atoms with Crippen molar-refractivity contribution in [2.45, 2.75) is 18.9 Å². The van der Waals surface area contributed by atoms with Crippen LogP contribution in [-0.2, 0) is 4.74 Å². The molecule has 1 heterocycles. The van der Waals surface area contributed by atoms with Crippen LogP contribution < -0.4 is 5.73 Å². The summed E-state index contributed by atoms with van der Waals surface area (Å²) >= 11 is 0. The zero-order valence-electron chi connectivity index (χ0n) is 9.43. The lowest BCUT2D eigenvalue weighted by molar-refractivity contribution is 0.0169. The summed E-state index contributed by atoms with van der Waals surface area (Å²) in [6.45, 7) is 3.72. The van der Waals surface area contributed by atoms with E-state index in [1.54, 1.807) is 12.3 Å². The number of likely N-dealkylation sites (tertiary alicyclic amines) is 1. The van der Waals surface area contributed by atoms with Crippen molar-refractivity contribution < 1.29 is 4.74 Å². The van der Waals surface area contributed by atoms with E-state index < -0.39 is 0 Å². The number of hydrogen-bond donors (Lipinski definition) is 1. The molecular weight excluding hydrogens is 190 g/mol. The first-order valence-corrected chi connectivity index (χ1v) is 5.49. The highest BCUT2D eigenvalue weighted by Gasteiger charge is 2.16. The van der Waals surface area contributed by atoms with Crippen molar-refractivity contribution in [3.63, 3.8) is 0 Å². The molecule has 2 N–H and O–H groups in total. The van der Waals surface area contributed by atoms with Gasteiger partial charge in [-0.15, -0.1) is 0 Å². The Balaban J connectivity index is 2.00. The van der Waals surface area contributed by atoms with Crippen molar-refractivity contribution in [3.05, 3.63) is 12.3 Å². The average Bonchev–Trinajstić information content (AvgIpc) is 2.26. The molecule has 4 nitrogen and oxygen atoms in total. The van der Waals surface area contributed by atoms with Crippen LogP contribution in [0.25, 0.3) is 0 Å². The predicted molar refractivity (Wildman–Crippen MR) is 63.2 cm³/mol. The van der Waals surface area contributed by atoms with Gasteiger partial charge in [0.1, 0.15) is 0 Å². The standard InChI is InChI=1S/C11H21N3O/c1-14-8-3-11(4-9-14)15-10-7-13-6-2-5-12/h2,5-6,11H,3-4,7-10,12H2,1H3/b5-2-,13-6?. The Morgan fingerprint density at radius 3 is 2.87 bits per heavy atom. The van der Waals surface area contributed by atoms with Gasteiger partial charge in [-0.05, 0) is 32.2 Å². The van der Waals surface area contributed by atoms with Crippen molar-refractivity contribution in [2.24, 2.45) is 10.7 Å². The second kappa shape index (κ2) is 7.43. The van der Waals surface area contributed by atoms with Crippen LogP contribution in [0.15, 0.2) is 17.3 Å². The van der Waals surface area contributed by atoms with Crippen LogP contribution in [0.1, 0.15) is 12.8 Å². The summed E-state index contributed by atoms with van der Waals surface area (Å²) in [6.07, 6.45) is 7.61. The molecule has 0 aromatic carbocycles. The lowest BCUT2D eigenvalue weighted by Gasteiger charge is -2.28. The van der Waals surface area contributed by atoms with Crippen molar-refractivity contribution in [1.29, 1.82) is 0 Å². The van der Waals surface area contributed by atoms with Gasteiger partial charge in [-0.1, -0.05) is 0 Å². The molecule has 1 rings (SSSR count). The molecule has 0 unspecified atom stereocenters. The maximum atomic E-state index is 5.72. The largest absolute Gasteiger partial charge is 0.405 e. The molecule has 0 radical (unpaired) electrons. The summed E-state index contributed by atoms with van der Waals surface area (Å²) in [7, 11) is 2.15. The van der Waals surface area contributed by atoms with Gasteiger partial charge in [0.2, 0.25) is 0 Å². The van der Waals surface area contributed by atoms with E-state index in [1.165, 1.54) is 6.20 Å². The minimum atomic E-state index is 0.432. The molecule has 4 heteroatoms. The third-order valence-corrected chi connectivity index (χ3v) is 2.54. The summed E-state index contributed by atoms with van der Waals surface area (Å²) in [5.41, 5.74) is 5.17. The molecule has 86 valence electrons. The molecule has 0 atom stereocenters. The fourth-order valence-corrected chi connectivity index (χ4v) is 1.61. The Labute approximate surface area is 91.8 Å². The smallest absolute Gasteiger partial charge is 0.0665 e. The summed E-state index contributed by atoms with van der Waals surface area (Å²) < 4.78 is 5.72. The Kier molecular flexibility index (Phi) is 6.04. The monoisotopic (exact) mass is 211 g/mol. The van der Waals surface area contributed by atoms with Crippen LogP contribution >= 0.6 is 0 Å². The maximum Gasteiger partial charge on any atom is 0.0665 e. The first kappa shape index (κ1) is 12.2. The highest BCUT2D eigenvalue weighted by molar-refractivity contribution is 5.70. The van der Waals surface area contributed by atoms with Crippen LogP contribution in [0.2, 0.25) is 0 Å².